The van der Waals surface area contributed by atoms with Crippen LogP contribution in [0.4, 0.5) is 0 Å². The van der Waals surface area contributed by atoms with Gasteiger partial charge in [0, 0.05) is 19.5 Å². The molecule has 0 spiro atoms. The predicted molar refractivity (Wildman–Crippen MR) is 162 cm³/mol. The normalized spacial score (nSPS) is 14.4. The SMILES string of the molecule is CC(C)CCN(C[C@@H](O)[C@H](Cc1ccccc1)N(NC(=O)CN(C)C)C(=O)CC(C)(C)C)S(=O)(=O)NC(C)(C)CO. The number of aliphatic hydroxyl groups is 2. The van der Waals surface area contributed by atoms with Crippen LogP contribution < -0.4 is 10.1 Å². The summed E-state index contributed by atoms with van der Waals surface area (Å²) in [5.74, 6) is -0.634. The van der Waals surface area contributed by atoms with Crippen molar-refractivity contribution in [1.29, 1.82) is 0 Å². The maximum absolute atomic E-state index is 13.7. The van der Waals surface area contributed by atoms with E-state index in [1.165, 1.54) is 5.01 Å². The molecule has 0 saturated carbocycles. The van der Waals surface area contributed by atoms with E-state index in [0.29, 0.717) is 6.42 Å². The molecule has 236 valence electrons. The number of nitrogens with one attached hydrogen (secondary N) is 2. The highest BCUT2D eigenvalue weighted by Gasteiger charge is 2.37. The summed E-state index contributed by atoms with van der Waals surface area (Å²) in [5, 5.41) is 22.6. The second kappa shape index (κ2) is 15.9. The summed E-state index contributed by atoms with van der Waals surface area (Å²) in [7, 11) is -0.674. The summed E-state index contributed by atoms with van der Waals surface area (Å²) in [6, 6.07) is 8.26. The van der Waals surface area contributed by atoms with E-state index in [-0.39, 0.29) is 44.3 Å². The molecule has 41 heavy (non-hydrogen) atoms. The molecular weight excluding hydrogens is 546 g/mol. The minimum Gasteiger partial charge on any atom is -0.394 e. The van der Waals surface area contributed by atoms with E-state index in [9.17, 15) is 28.2 Å². The molecular formula is C29H53N5O6S. The number of hydrogen-bond donors (Lipinski definition) is 4. The lowest BCUT2D eigenvalue weighted by atomic mass is 9.91. The monoisotopic (exact) mass is 599 g/mol. The predicted octanol–water partition coefficient (Wildman–Crippen LogP) is 1.77. The van der Waals surface area contributed by atoms with Crippen molar-refractivity contribution in [3.8, 4) is 0 Å². The summed E-state index contributed by atoms with van der Waals surface area (Å²) in [4.78, 5) is 28.2. The Morgan fingerprint density at radius 3 is 2.10 bits per heavy atom. The van der Waals surface area contributed by atoms with Gasteiger partial charge in [-0.15, -0.1) is 0 Å². The Kier molecular flexibility index (Phi) is 14.4. The van der Waals surface area contributed by atoms with Gasteiger partial charge in [-0.25, -0.2) is 5.01 Å². The minimum absolute atomic E-state index is 0.0164. The molecule has 0 aliphatic carbocycles. The highest BCUT2D eigenvalue weighted by atomic mass is 32.2. The van der Waals surface area contributed by atoms with E-state index < -0.39 is 45.8 Å². The van der Waals surface area contributed by atoms with Gasteiger partial charge in [-0.1, -0.05) is 65.0 Å². The second-order valence-corrected chi connectivity index (χ2v) is 15.0. The van der Waals surface area contributed by atoms with E-state index in [4.69, 9.17) is 0 Å². The Labute approximate surface area is 247 Å². The van der Waals surface area contributed by atoms with E-state index >= 15 is 0 Å². The van der Waals surface area contributed by atoms with Crippen LogP contribution >= 0.6 is 0 Å². The van der Waals surface area contributed by atoms with Crippen LogP contribution in [0.2, 0.25) is 0 Å². The number of aliphatic hydroxyl groups excluding tert-OH is 2. The first-order valence-electron chi connectivity index (χ1n) is 14.1. The summed E-state index contributed by atoms with van der Waals surface area (Å²) in [6.45, 7) is 12.2. The van der Waals surface area contributed by atoms with Crippen molar-refractivity contribution in [3.63, 3.8) is 0 Å². The molecule has 4 N–H and O–H groups in total. The van der Waals surface area contributed by atoms with Crippen LogP contribution in [0.15, 0.2) is 30.3 Å². The molecule has 1 aromatic carbocycles. The molecule has 0 unspecified atom stereocenters. The first kappa shape index (κ1) is 36.9. The molecule has 11 nitrogen and oxygen atoms in total. The minimum atomic E-state index is -4.14. The molecule has 0 aliphatic heterocycles. The molecule has 2 atom stereocenters. The molecule has 0 bridgehead atoms. The molecule has 1 rings (SSSR count). The zero-order chi connectivity index (χ0) is 31.6. The Morgan fingerprint density at radius 1 is 1.02 bits per heavy atom. The van der Waals surface area contributed by atoms with Crippen LogP contribution in [-0.2, 0) is 26.2 Å². The summed E-state index contributed by atoms with van der Waals surface area (Å²) < 4.78 is 30.6. The lowest BCUT2D eigenvalue weighted by molar-refractivity contribution is -0.149. The van der Waals surface area contributed by atoms with E-state index in [1.54, 1.807) is 32.8 Å². The lowest BCUT2D eigenvalue weighted by Crippen LogP contribution is -2.61. The average Bonchev–Trinajstić information content (AvgIpc) is 2.82. The molecule has 0 aliphatic rings. The van der Waals surface area contributed by atoms with E-state index in [2.05, 4.69) is 10.1 Å². The smallest absolute Gasteiger partial charge is 0.280 e. The van der Waals surface area contributed by atoms with Crippen LogP contribution in [0, 0.1) is 11.3 Å². The highest BCUT2D eigenvalue weighted by Crippen LogP contribution is 2.23. The second-order valence-electron chi connectivity index (χ2n) is 13.3. The van der Waals surface area contributed by atoms with Gasteiger partial charge in [-0.2, -0.15) is 17.4 Å². The summed E-state index contributed by atoms with van der Waals surface area (Å²) in [5.41, 5.74) is 1.98. The van der Waals surface area contributed by atoms with Gasteiger partial charge in [0.2, 0.25) is 5.91 Å². The molecule has 1 aromatic rings. The Morgan fingerprint density at radius 2 is 1.61 bits per heavy atom. The van der Waals surface area contributed by atoms with Crippen molar-refractivity contribution in [1.82, 2.24) is 24.4 Å². The van der Waals surface area contributed by atoms with Crippen molar-refractivity contribution in [3.05, 3.63) is 35.9 Å². The quantitative estimate of drug-likeness (QED) is 0.212. The molecule has 0 fully saturated rings. The van der Waals surface area contributed by atoms with Crippen LogP contribution in [0.1, 0.15) is 66.9 Å². The number of hydrazine groups is 1. The van der Waals surface area contributed by atoms with Gasteiger partial charge in [0.1, 0.15) is 0 Å². The third kappa shape index (κ3) is 14.1. The fourth-order valence-electron chi connectivity index (χ4n) is 4.07. The van der Waals surface area contributed by atoms with E-state index in [1.807, 2.05) is 65.0 Å². The van der Waals surface area contributed by atoms with Gasteiger partial charge in [-0.05, 0) is 57.7 Å². The number of likely N-dealkylation sites (N-methyl/N-ethyl adjacent to an activating group) is 1. The first-order valence-corrected chi connectivity index (χ1v) is 15.6. The van der Waals surface area contributed by atoms with Gasteiger partial charge < -0.3 is 15.1 Å². The molecule has 2 amide bonds. The van der Waals surface area contributed by atoms with E-state index in [0.717, 1.165) is 9.87 Å². The van der Waals surface area contributed by atoms with Crippen molar-refractivity contribution in [2.24, 2.45) is 11.3 Å². The largest absolute Gasteiger partial charge is 0.394 e. The third-order valence-corrected chi connectivity index (χ3v) is 8.03. The maximum Gasteiger partial charge on any atom is 0.280 e. The molecule has 0 heterocycles. The lowest BCUT2D eigenvalue weighted by Gasteiger charge is -2.38. The molecule has 0 radical (unpaired) electrons. The number of carbonyl (C=O) groups excluding carboxylic acids is 2. The standard InChI is InChI=1S/C29H53N5O6S/c1-22(2)15-16-33(41(39,40)31-29(6,7)21-35)19-25(36)24(17-23-13-11-10-12-14-23)34(27(38)18-28(3,4)5)30-26(37)20-32(8)9/h10-14,22,24-25,31,35-36H,15-21H2,1-9H3,(H,30,37)/t24-,25+/m0/s1. The van der Waals surface area contributed by atoms with Crippen LogP contribution in [0.25, 0.3) is 0 Å². The van der Waals surface area contributed by atoms with Crippen LogP contribution in [0.3, 0.4) is 0 Å². The van der Waals surface area contributed by atoms with Gasteiger partial charge in [0.25, 0.3) is 16.1 Å². The number of rotatable bonds is 16. The Hall–Kier alpha value is -2.09. The number of hydrogen-bond acceptors (Lipinski definition) is 7. The van der Waals surface area contributed by atoms with Crippen LogP contribution in [0.5, 0.6) is 0 Å². The molecule has 12 heteroatoms. The third-order valence-electron chi connectivity index (χ3n) is 6.21. The summed E-state index contributed by atoms with van der Waals surface area (Å²) >= 11 is 0. The topological polar surface area (TPSA) is 143 Å². The zero-order valence-electron chi connectivity index (χ0n) is 26.3. The first-order chi connectivity index (χ1) is 18.8. The van der Waals surface area contributed by atoms with Gasteiger partial charge in [0.05, 0.1) is 30.8 Å². The number of amides is 2. The van der Waals surface area contributed by atoms with Crippen molar-refractivity contribution >= 4 is 22.0 Å². The highest BCUT2D eigenvalue weighted by molar-refractivity contribution is 7.87. The van der Waals surface area contributed by atoms with Gasteiger partial charge in [-0.3, -0.25) is 15.0 Å². The zero-order valence-corrected chi connectivity index (χ0v) is 27.2. The Bertz CT molecular complexity index is 1060. The van der Waals surface area contributed by atoms with Crippen molar-refractivity contribution in [2.75, 3.05) is 40.3 Å². The number of benzene rings is 1. The van der Waals surface area contributed by atoms with Crippen molar-refractivity contribution < 1.29 is 28.2 Å². The Balaban J connectivity index is 3.56. The summed E-state index contributed by atoms with van der Waals surface area (Å²) in [6.07, 6.45) is -0.564. The fourth-order valence-corrected chi connectivity index (χ4v) is 5.66. The van der Waals surface area contributed by atoms with Crippen molar-refractivity contribution in [2.45, 2.75) is 85.4 Å². The molecule has 0 aromatic heterocycles. The number of carbonyl (C=O) groups is 2. The fraction of sp³-hybridized carbons (Fsp3) is 0.724. The van der Waals surface area contributed by atoms with Gasteiger partial charge in [0.15, 0.2) is 0 Å². The maximum atomic E-state index is 13.7. The number of nitrogens with zero attached hydrogens (tertiary/aromatic N) is 3. The average molecular weight is 600 g/mol. The molecule has 0 saturated heterocycles. The van der Waals surface area contributed by atoms with Crippen LogP contribution in [-0.4, -0.2) is 103 Å². The van der Waals surface area contributed by atoms with Gasteiger partial charge >= 0.3 is 0 Å².